The van der Waals surface area contributed by atoms with Crippen LogP contribution in [0.5, 0.6) is 11.5 Å². The van der Waals surface area contributed by atoms with Crippen molar-refractivity contribution in [1.82, 2.24) is 5.32 Å². The molecule has 98 valence electrons. The highest BCUT2D eigenvalue weighted by molar-refractivity contribution is 5.44. The molecule has 0 amide bonds. The summed E-state index contributed by atoms with van der Waals surface area (Å²) in [6, 6.07) is 3.26. The van der Waals surface area contributed by atoms with E-state index in [9.17, 15) is 4.39 Å². The fourth-order valence-corrected chi connectivity index (χ4v) is 2.67. The summed E-state index contributed by atoms with van der Waals surface area (Å²) < 4.78 is 24.8. The van der Waals surface area contributed by atoms with Crippen molar-refractivity contribution in [3.05, 3.63) is 23.5 Å². The van der Waals surface area contributed by atoms with Crippen LogP contribution in [0.1, 0.15) is 18.4 Å². The lowest BCUT2D eigenvalue weighted by Crippen LogP contribution is -2.31. The van der Waals surface area contributed by atoms with E-state index in [2.05, 4.69) is 5.32 Å². The lowest BCUT2D eigenvalue weighted by atomic mass is 9.92. The Morgan fingerprint density at radius 3 is 2.72 bits per heavy atom. The van der Waals surface area contributed by atoms with Crippen LogP contribution in [0.15, 0.2) is 12.1 Å². The summed E-state index contributed by atoms with van der Waals surface area (Å²) in [7, 11) is 0. The molecule has 18 heavy (non-hydrogen) atoms. The molecule has 0 bridgehead atoms. The maximum atomic E-state index is 14.0. The van der Waals surface area contributed by atoms with Gasteiger partial charge in [0, 0.05) is 6.07 Å². The second kappa shape index (κ2) is 5.14. The Labute approximate surface area is 106 Å². The Kier molecular flexibility index (Phi) is 3.37. The zero-order valence-corrected chi connectivity index (χ0v) is 10.4. The van der Waals surface area contributed by atoms with Gasteiger partial charge in [0.2, 0.25) is 0 Å². The Balaban J connectivity index is 1.78. The highest BCUT2D eigenvalue weighted by Crippen LogP contribution is 2.33. The van der Waals surface area contributed by atoms with Crippen molar-refractivity contribution in [2.45, 2.75) is 19.3 Å². The maximum absolute atomic E-state index is 14.0. The van der Waals surface area contributed by atoms with Crippen LogP contribution < -0.4 is 14.8 Å². The first-order valence-corrected chi connectivity index (χ1v) is 6.61. The number of halogens is 1. The number of hydrogen-bond acceptors (Lipinski definition) is 3. The van der Waals surface area contributed by atoms with E-state index in [1.807, 2.05) is 0 Å². The van der Waals surface area contributed by atoms with Crippen LogP contribution in [0, 0.1) is 11.7 Å². The number of benzene rings is 1. The van der Waals surface area contributed by atoms with Gasteiger partial charge in [0.25, 0.3) is 0 Å². The fraction of sp³-hybridized carbons (Fsp3) is 0.571. The second-order valence-electron chi connectivity index (χ2n) is 5.00. The summed E-state index contributed by atoms with van der Waals surface area (Å²) in [5, 5.41) is 3.36. The van der Waals surface area contributed by atoms with E-state index < -0.39 is 0 Å². The van der Waals surface area contributed by atoms with Gasteiger partial charge in [0.1, 0.15) is 19.0 Å². The van der Waals surface area contributed by atoms with E-state index in [4.69, 9.17) is 9.47 Å². The van der Waals surface area contributed by atoms with Crippen molar-refractivity contribution in [1.29, 1.82) is 0 Å². The third-order valence-corrected chi connectivity index (χ3v) is 3.62. The van der Waals surface area contributed by atoms with Gasteiger partial charge in [0.05, 0.1) is 0 Å². The van der Waals surface area contributed by atoms with Crippen molar-refractivity contribution in [3.63, 3.8) is 0 Å². The van der Waals surface area contributed by atoms with Gasteiger partial charge in [-0.2, -0.15) is 0 Å². The minimum atomic E-state index is -0.176. The summed E-state index contributed by atoms with van der Waals surface area (Å²) in [4.78, 5) is 0. The van der Waals surface area contributed by atoms with Gasteiger partial charge in [-0.25, -0.2) is 4.39 Å². The largest absolute Gasteiger partial charge is 0.486 e. The van der Waals surface area contributed by atoms with Crippen LogP contribution in [0.4, 0.5) is 4.39 Å². The average molecular weight is 251 g/mol. The molecule has 2 aliphatic heterocycles. The topological polar surface area (TPSA) is 30.5 Å². The molecule has 0 aromatic heterocycles. The summed E-state index contributed by atoms with van der Waals surface area (Å²) in [5.74, 6) is 1.56. The van der Waals surface area contributed by atoms with E-state index in [1.165, 1.54) is 18.9 Å². The van der Waals surface area contributed by atoms with Gasteiger partial charge in [0.15, 0.2) is 11.5 Å². The fourth-order valence-electron chi connectivity index (χ4n) is 2.67. The minimum absolute atomic E-state index is 0.176. The Hall–Kier alpha value is -1.29. The van der Waals surface area contributed by atoms with Crippen molar-refractivity contribution in [2.24, 2.45) is 5.92 Å². The van der Waals surface area contributed by atoms with E-state index in [0.717, 1.165) is 25.1 Å². The third kappa shape index (κ3) is 2.43. The normalized spacial score (nSPS) is 22.8. The molecule has 0 spiro atoms. The van der Waals surface area contributed by atoms with Gasteiger partial charge >= 0.3 is 0 Å². The average Bonchev–Trinajstić information content (AvgIpc) is 2.41. The van der Waals surface area contributed by atoms with Crippen molar-refractivity contribution >= 4 is 0 Å². The van der Waals surface area contributed by atoms with Gasteiger partial charge in [-0.1, -0.05) is 0 Å². The smallest absolute Gasteiger partial charge is 0.164 e. The van der Waals surface area contributed by atoms with Gasteiger partial charge in [-0.3, -0.25) is 0 Å². The molecule has 1 saturated heterocycles. The molecule has 0 saturated carbocycles. The number of fused-ring (bicyclic) bond motifs is 1. The molecule has 0 aliphatic carbocycles. The molecular formula is C14H18FNO2. The number of piperidine rings is 1. The maximum Gasteiger partial charge on any atom is 0.164 e. The molecule has 3 rings (SSSR count). The van der Waals surface area contributed by atoms with Crippen LogP contribution >= 0.6 is 0 Å². The molecular weight excluding hydrogens is 233 g/mol. The summed E-state index contributed by atoms with van der Waals surface area (Å²) >= 11 is 0. The molecule has 1 aromatic carbocycles. The quantitative estimate of drug-likeness (QED) is 0.873. The van der Waals surface area contributed by atoms with Crippen LogP contribution in [0.2, 0.25) is 0 Å². The molecule has 3 nitrogen and oxygen atoms in total. The Morgan fingerprint density at radius 1 is 1.22 bits per heavy atom. The van der Waals surface area contributed by atoms with E-state index >= 15 is 0 Å². The lowest BCUT2D eigenvalue weighted by molar-refractivity contribution is 0.170. The monoisotopic (exact) mass is 251 g/mol. The number of nitrogens with one attached hydrogen (secondary N) is 1. The molecule has 1 atom stereocenters. The predicted molar refractivity (Wildman–Crippen MR) is 66.7 cm³/mol. The van der Waals surface area contributed by atoms with Gasteiger partial charge in [-0.15, -0.1) is 0 Å². The van der Waals surface area contributed by atoms with Crippen LogP contribution in [0.25, 0.3) is 0 Å². The first kappa shape index (κ1) is 11.8. The first-order chi connectivity index (χ1) is 8.83. The number of hydrogen-bond donors (Lipinski definition) is 1. The number of rotatable bonds is 2. The Bertz CT molecular complexity index is 430. The van der Waals surface area contributed by atoms with E-state index in [-0.39, 0.29) is 5.82 Å². The molecule has 1 N–H and O–H groups in total. The first-order valence-electron chi connectivity index (χ1n) is 6.61. The zero-order valence-electron chi connectivity index (χ0n) is 10.4. The molecule has 1 aromatic rings. The third-order valence-electron chi connectivity index (χ3n) is 3.62. The van der Waals surface area contributed by atoms with Crippen LogP contribution in [0.3, 0.4) is 0 Å². The zero-order chi connectivity index (χ0) is 12.4. The summed E-state index contributed by atoms with van der Waals surface area (Å²) in [5.41, 5.74) is 0.743. The van der Waals surface area contributed by atoms with E-state index in [0.29, 0.717) is 30.6 Å². The Morgan fingerprint density at radius 2 is 2.00 bits per heavy atom. The van der Waals surface area contributed by atoms with E-state index in [1.54, 1.807) is 6.07 Å². The van der Waals surface area contributed by atoms with Crippen molar-refractivity contribution < 1.29 is 13.9 Å². The predicted octanol–water partition coefficient (Wildman–Crippen LogP) is 2.14. The second-order valence-corrected chi connectivity index (χ2v) is 5.00. The number of ether oxygens (including phenoxy) is 2. The van der Waals surface area contributed by atoms with Crippen molar-refractivity contribution in [2.75, 3.05) is 26.3 Å². The minimum Gasteiger partial charge on any atom is -0.486 e. The van der Waals surface area contributed by atoms with Crippen molar-refractivity contribution in [3.8, 4) is 11.5 Å². The lowest BCUT2D eigenvalue weighted by Gasteiger charge is -2.24. The van der Waals surface area contributed by atoms with Crippen LogP contribution in [-0.2, 0) is 6.42 Å². The summed E-state index contributed by atoms with van der Waals surface area (Å²) in [6.45, 7) is 3.11. The molecule has 2 aliphatic rings. The van der Waals surface area contributed by atoms with Crippen LogP contribution in [-0.4, -0.2) is 26.3 Å². The highest BCUT2D eigenvalue weighted by atomic mass is 19.1. The SMILES string of the molecule is Fc1cc2c(cc1CC1CCCNC1)OCCO2. The van der Waals surface area contributed by atoms with Gasteiger partial charge < -0.3 is 14.8 Å². The molecule has 2 heterocycles. The molecule has 1 fully saturated rings. The standard InChI is InChI=1S/C14H18FNO2/c15-12-8-14-13(17-4-5-18-14)7-11(12)6-10-2-1-3-16-9-10/h7-8,10,16H,1-6,9H2. The molecule has 4 heteroatoms. The molecule has 0 radical (unpaired) electrons. The molecule has 1 unspecified atom stereocenters. The van der Waals surface area contributed by atoms with Gasteiger partial charge in [-0.05, 0) is 49.9 Å². The summed E-state index contributed by atoms with van der Waals surface area (Å²) in [6.07, 6.45) is 3.12. The highest BCUT2D eigenvalue weighted by Gasteiger charge is 2.19.